The summed E-state index contributed by atoms with van der Waals surface area (Å²) in [4.78, 5) is 44.6. The first-order valence-corrected chi connectivity index (χ1v) is 15.2. The molecule has 2 aliphatic rings. The zero-order valence-corrected chi connectivity index (χ0v) is 26.5. The molecule has 0 aliphatic heterocycles. The Morgan fingerprint density at radius 1 is 1.15 bits per heavy atom. The van der Waals surface area contributed by atoms with Gasteiger partial charge >= 0.3 is 5.69 Å². The molecule has 10 heteroatoms. The first-order chi connectivity index (χ1) is 19.0. The Morgan fingerprint density at radius 3 is 2.46 bits per heavy atom. The highest BCUT2D eigenvalue weighted by Gasteiger charge is 2.60. The van der Waals surface area contributed by atoms with Gasteiger partial charge in [-0.1, -0.05) is 74.5 Å². The first kappa shape index (κ1) is 31.3. The summed E-state index contributed by atoms with van der Waals surface area (Å²) in [6, 6.07) is 9.25. The van der Waals surface area contributed by atoms with Gasteiger partial charge in [0.2, 0.25) is 0 Å². The highest BCUT2D eigenvalue weighted by molar-refractivity contribution is 7.99. The molecule has 222 valence electrons. The summed E-state index contributed by atoms with van der Waals surface area (Å²) in [5.74, 6) is 1.30. The van der Waals surface area contributed by atoms with Crippen LogP contribution < -0.4 is 16.6 Å². The number of carbonyl (C=O) groups excluding carboxylic acids is 1. The Kier molecular flexibility index (Phi) is 9.12. The lowest BCUT2D eigenvalue weighted by atomic mass is 9.69. The third-order valence-electron chi connectivity index (χ3n) is 9.80. The molecule has 0 amide bonds. The van der Waals surface area contributed by atoms with Gasteiger partial charge in [-0.25, -0.2) is 9.78 Å². The van der Waals surface area contributed by atoms with E-state index in [9.17, 15) is 14.4 Å². The summed E-state index contributed by atoms with van der Waals surface area (Å²) in [5, 5.41) is 4.53. The van der Waals surface area contributed by atoms with Gasteiger partial charge in [0, 0.05) is 37.5 Å². The minimum atomic E-state index is -0.543. The van der Waals surface area contributed by atoms with Gasteiger partial charge < -0.3 is 9.88 Å². The molecule has 2 heterocycles. The van der Waals surface area contributed by atoms with Gasteiger partial charge in [-0.3, -0.25) is 18.7 Å². The second-order valence-corrected chi connectivity index (χ2v) is 13.5. The number of imidazole rings is 1. The molecule has 3 atom stereocenters. The minimum Gasteiger partial charge on any atom is -0.313 e. The largest absolute Gasteiger partial charge is 0.332 e. The fourth-order valence-electron chi connectivity index (χ4n) is 6.79. The molecule has 2 fully saturated rings. The fourth-order valence-corrected chi connectivity index (χ4v) is 7.67. The maximum absolute atomic E-state index is 13.7. The molecule has 1 aromatic carbocycles. The monoisotopic (exact) mass is 599 g/mol. The summed E-state index contributed by atoms with van der Waals surface area (Å²) < 4.78 is 4.31. The van der Waals surface area contributed by atoms with Gasteiger partial charge in [0.25, 0.3) is 5.56 Å². The number of aryl methyl sites for hydroxylation is 1. The van der Waals surface area contributed by atoms with E-state index in [0.29, 0.717) is 45.3 Å². The number of nitrogens with zero attached hydrogens (tertiary/aromatic N) is 4. The zero-order chi connectivity index (χ0) is 28.8. The van der Waals surface area contributed by atoms with Crippen molar-refractivity contribution < 1.29 is 4.79 Å². The molecular weight excluding hydrogens is 558 g/mol. The average Bonchev–Trinajstić information content (AvgIpc) is 3.47. The lowest BCUT2D eigenvalue weighted by molar-refractivity contribution is 0.0969. The molecule has 2 aliphatic carbocycles. The summed E-state index contributed by atoms with van der Waals surface area (Å²) in [5.41, 5.74) is 1.93. The van der Waals surface area contributed by atoms with Crippen LogP contribution in [0.5, 0.6) is 0 Å². The summed E-state index contributed by atoms with van der Waals surface area (Å²) >= 11 is 1.60. The van der Waals surface area contributed by atoms with Crippen LogP contribution in [-0.4, -0.2) is 42.8 Å². The third kappa shape index (κ3) is 5.48. The van der Waals surface area contributed by atoms with Gasteiger partial charge in [-0.15, -0.1) is 12.4 Å². The number of halogens is 1. The van der Waals surface area contributed by atoms with Crippen molar-refractivity contribution in [3.63, 3.8) is 0 Å². The summed E-state index contributed by atoms with van der Waals surface area (Å²) in [6.07, 6.45) is 5.89. The number of allylic oxidation sites excluding steroid dienone is 2. The van der Waals surface area contributed by atoms with E-state index in [4.69, 9.17) is 4.98 Å². The van der Waals surface area contributed by atoms with Crippen LogP contribution in [0.3, 0.4) is 0 Å². The number of rotatable bonds is 10. The van der Waals surface area contributed by atoms with Crippen LogP contribution in [0.25, 0.3) is 11.2 Å². The summed E-state index contributed by atoms with van der Waals surface area (Å²) in [6.45, 7) is 12.3. The van der Waals surface area contributed by atoms with Gasteiger partial charge in [-0.2, -0.15) is 0 Å². The van der Waals surface area contributed by atoms with E-state index in [1.165, 1.54) is 23.8 Å². The molecule has 5 rings (SSSR count). The molecule has 0 radical (unpaired) electrons. The number of nitrogens with one attached hydrogen (secondary N) is 1. The van der Waals surface area contributed by atoms with Crippen LogP contribution >= 0.6 is 24.2 Å². The normalized spacial score (nSPS) is 22.6. The van der Waals surface area contributed by atoms with Gasteiger partial charge in [0.05, 0.1) is 6.54 Å². The molecule has 1 N–H and O–H groups in total. The van der Waals surface area contributed by atoms with E-state index in [2.05, 4.69) is 26.1 Å². The van der Waals surface area contributed by atoms with E-state index >= 15 is 0 Å². The number of aromatic nitrogens is 4. The number of fused-ring (bicyclic) bond motifs is 3. The smallest absolute Gasteiger partial charge is 0.313 e. The lowest BCUT2D eigenvalue weighted by Crippen LogP contribution is -2.45. The highest BCUT2D eigenvalue weighted by Crippen LogP contribution is 2.65. The van der Waals surface area contributed by atoms with Gasteiger partial charge in [-0.05, 0) is 49.9 Å². The highest BCUT2D eigenvalue weighted by atomic mass is 35.5. The second-order valence-electron chi connectivity index (χ2n) is 12.4. The Labute approximate surface area is 252 Å². The van der Waals surface area contributed by atoms with Crippen LogP contribution in [0.4, 0.5) is 0 Å². The van der Waals surface area contributed by atoms with Crippen molar-refractivity contribution in [3.05, 3.63) is 68.4 Å². The van der Waals surface area contributed by atoms with Crippen molar-refractivity contribution in [3.8, 4) is 0 Å². The van der Waals surface area contributed by atoms with Gasteiger partial charge in [0.15, 0.2) is 22.1 Å². The van der Waals surface area contributed by atoms with Crippen molar-refractivity contribution in [2.75, 3.05) is 12.3 Å². The number of hydrogen-bond acceptors (Lipinski definition) is 6. The molecular formula is C31H42ClN5O3S. The zero-order valence-electron chi connectivity index (χ0n) is 24.9. The molecule has 2 saturated carbocycles. The standard InChI is InChI=1S/C31H41N5O3S.ClH/c1-20(2)13-16-35-25-26(34(6)29(39)36(27(25)38)19-23(37)21-10-8-7-9-11-21)33-28(35)40-17-15-32-24-18-22-12-14-31(24,5)30(22,3)4;/h7-11,13,22,24,32H,12,14-19H2,1-6H3;1H. The van der Waals surface area contributed by atoms with E-state index in [0.717, 1.165) is 28.4 Å². The van der Waals surface area contributed by atoms with Crippen LogP contribution in [0.2, 0.25) is 0 Å². The van der Waals surface area contributed by atoms with Crippen molar-refractivity contribution in [2.45, 2.75) is 78.2 Å². The molecule has 3 unspecified atom stereocenters. The Morgan fingerprint density at radius 2 is 1.85 bits per heavy atom. The van der Waals surface area contributed by atoms with Crippen LogP contribution in [0, 0.1) is 16.7 Å². The number of carbonyl (C=O) groups is 1. The topological polar surface area (TPSA) is 90.9 Å². The number of ketones is 1. The SMILES string of the molecule is CC(C)=CCn1c(SCCNC2CC3CCC2(C)C3(C)C)nc2c1c(=O)n(CC(=O)c1ccccc1)c(=O)n2C.Cl. The van der Waals surface area contributed by atoms with Crippen molar-refractivity contribution >= 4 is 41.1 Å². The molecule has 0 saturated heterocycles. The van der Waals surface area contributed by atoms with Crippen LogP contribution in [-0.2, 0) is 20.1 Å². The lowest BCUT2D eigenvalue weighted by Gasteiger charge is -2.39. The van der Waals surface area contributed by atoms with E-state index < -0.39 is 11.2 Å². The number of benzene rings is 1. The van der Waals surface area contributed by atoms with Crippen LogP contribution in [0.1, 0.15) is 64.2 Å². The molecule has 2 aromatic heterocycles. The van der Waals surface area contributed by atoms with Crippen LogP contribution in [0.15, 0.2) is 56.7 Å². The Bertz CT molecular complexity index is 1580. The third-order valence-corrected chi connectivity index (χ3v) is 10.8. The maximum atomic E-state index is 13.7. The molecule has 3 aromatic rings. The summed E-state index contributed by atoms with van der Waals surface area (Å²) in [7, 11) is 1.61. The van der Waals surface area contributed by atoms with E-state index in [1.807, 2.05) is 30.6 Å². The minimum absolute atomic E-state index is 0. The van der Waals surface area contributed by atoms with Crippen molar-refractivity contribution in [1.82, 2.24) is 24.0 Å². The Hall–Kier alpha value is -2.62. The molecule has 0 spiro atoms. The maximum Gasteiger partial charge on any atom is 0.332 e. The number of hydrogen-bond donors (Lipinski definition) is 1. The predicted octanol–water partition coefficient (Wildman–Crippen LogP) is 5.06. The fraction of sp³-hybridized carbons (Fsp3) is 0.548. The second kappa shape index (κ2) is 11.9. The first-order valence-electron chi connectivity index (χ1n) is 14.2. The predicted molar refractivity (Wildman–Crippen MR) is 168 cm³/mol. The van der Waals surface area contributed by atoms with E-state index in [1.54, 1.807) is 43.1 Å². The van der Waals surface area contributed by atoms with E-state index in [-0.39, 0.29) is 24.7 Å². The Balaban J connectivity index is 0.00000387. The van der Waals surface area contributed by atoms with Crippen molar-refractivity contribution in [1.29, 1.82) is 0 Å². The number of Topliss-reactive ketones (excluding diaryl/α,β-unsaturated/α-hetero) is 1. The average molecular weight is 600 g/mol. The molecule has 8 nitrogen and oxygen atoms in total. The number of thioether (sulfide) groups is 1. The molecule has 41 heavy (non-hydrogen) atoms. The van der Waals surface area contributed by atoms with Gasteiger partial charge in [0.1, 0.15) is 0 Å². The quantitative estimate of drug-likeness (QED) is 0.152. The van der Waals surface area contributed by atoms with Crippen molar-refractivity contribution in [2.24, 2.45) is 23.8 Å². The molecule has 2 bridgehead atoms.